The third kappa shape index (κ3) is 3.81. The lowest BCUT2D eigenvalue weighted by Crippen LogP contribution is -2.16. The van der Waals surface area contributed by atoms with Crippen molar-refractivity contribution in [2.75, 3.05) is 5.32 Å². The van der Waals surface area contributed by atoms with E-state index in [9.17, 15) is 9.59 Å². The number of fused-ring (bicyclic) bond motifs is 1. The van der Waals surface area contributed by atoms with Gasteiger partial charge in [-0.05, 0) is 37.1 Å². The molecule has 0 aliphatic carbocycles. The Morgan fingerprint density at radius 3 is 2.62 bits per heavy atom. The number of hydrogen-bond acceptors (Lipinski definition) is 2. The normalized spacial score (nSPS) is 11.1. The van der Waals surface area contributed by atoms with Gasteiger partial charge in [0.1, 0.15) is 5.69 Å². The molecule has 2 N–H and O–H groups in total. The number of benzene rings is 2. The van der Waals surface area contributed by atoms with Crippen molar-refractivity contribution in [1.29, 1.82) is 0 Å². The molecule has 1 heterocycles. The number of H-pyrrole nitrogens is 1. The van der Waals surface area contributed by atoms with E-state index >= 15 is 0 Å². The van der Waals surface area contributed by atoms with Crippen LogP contribution in [0.1, 0.15) is 41.9 Å². The van der Waals surface area contributed by atoms with Crippen molar-refractivity contribution in [3.05, 3.63) is 64.3 Å². The Morgan fingerprint density at radius 1 is 1.15 bits per heavy atom. The van der Waals surface area contributed by atoms with Crippen LogP contribution in [0.25, 0.3) is 10.9 Å². The molecule has 0 bridgehead atoms. The van der Waals surface area contributed by atoms with Crippen molar-refractivity contribution in [3.63, 3.8) is 0 Å². The van der Waals surface area contributed by atoms with E-state index in [2.05, 4.69) is 10.3 Å². The first-order valence-corrected chi connectivity index (χ1v) is 8.95. The van der Waals surface area contributed by atoms with Gasteiger partial charge in [0.25, 0.3) is 0 Å². The number of amides is 1. The summed E-state index contributed by atoms with van der Waals surface area (Å²) in [7, 11) is 0. The summed E-state index contributed by atoms with van der Waals surface area (Å²) in [5, 5.41) is 4.25. The van der Waals surface area contributed by atoms with E-state index in [4.69, 9.17) is 11.6 Å². The summed E-state index contributed by atoms with van der Waals surface area (Å²) in [5.74, 6) is -0.0550. The minimum atomic E-state index is -0.166. The number of aryl methyl sites for hydroxylation is 1. The summed E-state index contributed by atoms with van der Waals surface area (Å²) in [5.41, 5.74) is 3.16. The average Bonchev–Trinajstić information content (AvgIpc) is 2.90. The summed E-state index contributed by atoms with van der Waals surface area (Å²) >= 11 is 6.08. The molecule has 134 valence electrons. The second-order valence-electron chi connectivity index (χ2n) is 6.91. The number of rotatable bonds is 5. The number of aromatic amines is 1. The van der Waals surface area contributed by atoms with Gasteiger partial charge >= 0.3 is 0 Å². The Bertz CT molecular complexity index is 989. The van der Waals surface area contributed by atoms with Crippen molar-refractivity contribution in [2.24, 2.45) is 5.92 Å². The third-order valence-electron chi connectivity index (χ3n) is 4.13. The maximum atomic E-state index is 13.1. The minimum Gasteiger partial charge on any atom is -0.350 e. The Morgan fingerprint density at radius 2 is 1.92 bits per heavy atom. The Labute approximate surface area is 157 Å². The van der Waals surface area contributed by atoms with Crippen LogP contribution in [0.3, 0.4) is 0 Å². The fourth-order valence-electron chi connectivity index (χ4n) is 2.96. The first-order chi connectivity index (χ1) is 12.3. The monoisotopic (exact) mass is 368 g/mol. The maximum Gasteiger partial charge on any atom is 0.224 e. The molecule has 4 nitrogen and oxygen atoms in total. The van der Waals surface area contributed by atoms with Crippen LogP contribution >= 0.6 is 11.6 Å². The van der Waals surface area contributed by atoms with Gasteiger partial charge in [0.2, 0.25) is 11.7 Å². The zero-order chi connectivity index (χ0) is 18.8. The van der Waals surface area contributed by atoms with E-state index in [0.717, 1.165) is 10.9 Å². The Hall–Kier alpha value is -2.59. The molecule has 0 atom stereocenters. The molecular weight excluding hydrogens is 348 g/mol. The molecule has 1 aromatic heterocycles. The fourth-order valence-corrected chi connectivity index (χ4v) is 3.13. The van der Waals surface area contributed by atoms with Gasteiger partial charge in [-0.15, -0.1) is 0 Å². The molecule has 3 aromatic rings. The molecular formula is C21H21ClN2O2. The molecule has 0 aliphatic rings. The molecule has 0 aliphatic heterocycles. The van der Waals surface area contributed by atoms with Gasteiger partial charge in [-0.25, -0.2) is 0 Å². The molecule has 0 spiro atoms. The van der Waals surface area contributed by atoms with E-state index < -0.39 is 0 Å². The highest BCUT2D eigenvalue weighted by atomic mass is 35.5. The molecule has 1 amide bonds. The van der Waals surface area contributed by atoms with E-state index in [1.165, 1.54) is 0 Å². The van der Waals surface area contributed by atoms with Crippen molar-refractivity contribution < 1.29 is 9.59 Å². The van der Waals surface area contributed by atoms with Gasteiger partial charge in [0.15, 0.2) is 0 Å². The lowest BCUT2D eigenvalue weighted by atomic mass is 10.0. The molecule has 0 fully saturated rings. The zero-order valence-electron chi connectivity index (χ0n) is 15.0. The van der Waals surface area contributed by atoms with Gasteiger partial charge in [-0.2, -0.15) is 0 Å². The number of nitrogens with one attached hydrogen (secondary N) is 2. The fraction of sp³-hybridized carbons (Fsp3) is 0.238. The van der Waals surface area contributed by atoms with Crippen LogP contribution in [-0.4, -0.2) is 16.7 Å². The number of hydrogen-bond donors (Lipinski definition) is 2. The molecule has 0 radical (unpaired) electrons. The van der Waals surface area contributed by atoms with Crippen LogP contribution in [0, 0.1) is 12.8 Å². The van der Waals surface area contributed by atoms with Crippen LogP contribution in [0.15, 0.2) is 42.5 Å². The highest BCUT2D eigenvalue weighted by molar-refractivity contribution is 6.31. The average molecular weight is 369 g/mol. The molecule has 2 aromatic carbocycles. The van der Waals surface area contributed by atoms with Crippen LogP contribution in [-0.2, 0) is 4.79 Å². The minimum absolute atomic E-state index is 0.117. The van der Waals surface area contributed by atoms with Gasteiger partial charge in [-0.1, -0.05) is 49.2 Å². The van der Waals surface area contributed by atoms with Crippen LogP contribution < -0.4 is 5.32 Å². The summed E-state index contributed by atoms with van der Waals surface area (Å²) in [6, 6.07) is 12.7. The molecule has 5 heteroatoms. The van der Waals surface area contributed by atoms with Crippen molar-refractivity contribution in [2.45, 2.75) is 27.2 Å². The standard InChI is InChI=1S/C21H21ClN2O2/c1-12(2)9-18(25)24-19-16-8-7-15(22)11-17(16)23-20(19)21(26)14-6-4-5-13(3)10-14/h4-8,10-12,23H,9H2,1-3H3,(H,24,25). The summed E-state index contributed by atoms with van der Waals surface area (Å²) in [6.45, 7) is 5.90. The first kappa shape index (κ1) is 18.2. The summed E-state index contributed by atoms with van der Waals surface area (Å²) in [6.07, 6.45) is 0.387. The van der Waals surface area contributed by atoms with Gasteiger partial charge in [-0.3, -0.25) is 9.59 Å². The number of halogens is 1. The van der Waals surface area contributed by atoms with Crippen LogP contribution in [0.2, 0.25) is 5.02 Å². The second-order valence-corrected chi connectivity index (χ2v) is 7.35. The maximum absolute atomic E-state index is 13.1. The number of carbonyl (C=O) groups excluding carboxylic acids is 2. The largest absolute Gasteiger partial charge is 0.350 e. The topological polar surface area (TPSA) is 62.0 Å². The van der Waals surface area contributed by atoms with E-state index in [1.807, 2.05) is 45.0 Å². The SMILES string of the molecule is Cc1cccc(C(=O)c2[nH]c3cc(Cl)ccc3c2NC(=O)CC(C)C)c1. The molecule has 0 saturated heterocycles. The van der Waals surface area contributed by atoms with E-state index in [0.29, 0.717) is 33.9 Å². The predicted molar refractivity (Wildman–Crippen MR) is 106 cm³/mol. The molecule has 0 unspecified atom stereocenters. The quantitative estimate of drug-likeness (QED) is 0.596. The van der Waals surface area contributed by atoms with E-state index in [1.54, 1.807) is 18.2 Å². The smallest absolute Gasteiger partial charge is 0.224 e. The number of aromatic nitrogens is 1. The van der Waals surface area contributed by atoms with Gasteiger partial charge in [0, 0.05) is 27.9 Å². The summed E-state index contributed by atoms with van der Waals surface area (Å²) < 4.78 is 0. The molecule has 26 heavy (non-hydrogen) atoms. The lowest BCUT2D eigenvalue weighted by Gasteiger charge is -2.09. The second kappa shape index (κ2) is 7.34. The zero-order valence-corrected chi connectivity index (χ0v) is 15.8. The Kier molecular flexibility index (Phi) is 5.14. The first-order valence-electron chi connectivity index (χ1n) is 8.57. The number of anilines is 1. The van der Waals surface area contributed by atoms with Crippen molar-refractivity contribution >= 4 is 39.9 Å². The molecule has 3 rings (SSSR count). The number of ketones is 1. The van der Waals surface area contributed by atoms with E-state index in [-0.39, 0.29) is 17.6 Å². The summed E-state index contributed by atoms with van der Waals surface area (Å²) in [4.78, 5) is 28.5. The predicted octanol–water partition coefficient (Wildman–Crippen LogP) is 5.35. The molecule has 0 saturated carbocycles. The van der Waals surface area contributed by atoms with Crippen LogP contribution in [0.5, 0.6) is 0 Å². The Balaban J connectivity index is 2.09. The van der Waals surface area contributed by atoms with Crippen LogP contribution in [0.4, 0.5) is 5.69 Å². The number of carbonyl (C=O) groups is 2. The highest BCUT2D eigenvalue weighted by Gasteiger charge is 2.21. The van der Waals surface area contributed by atoms with Crippen molar-refractivity contribution in [3.8, 4) is 0 Å². The lowest BCUT2D eigenvalue weighted by molar-refractivity contribution is -0.116. The van der Waals surface area contributed by atoms with Gasteiger partial charge < -0.3 is 10.3 Å². The van der Waals surface area contributed by atoms with Crippen molar-refractivity contribution in [1.82, 2.24) is 4.98 Å². The highest BCUT2D eigenvalue weighted by Crippen LogP contribution is 2.31. The third-order valence-corrected chi connectivity index (χ3v) is 4.36. The van der Waals surface area contributed by atoms with Gasteiger partial charge in [0.05, 0.1) is 5.69 Å².